The average Bonchev–Trinajstić information content (AvgIpc) is 3.51. The Hall–Kier alpha value is -3.01. The number of methoxy groups -OCH3 is 3. The molecule has 3 aromatic rings. The third kappa shape index (κ3) is 7.11. The van der Waals surface area contributed by atoms with E-state index in [1.54, 1.807) is 26.2 Å². The highest BCUT2D eigenvalue weighted by molar-refractivity contribution is 6.42. The highest BCUT2D eigenvalue weighted by Gasteiger charge is 2.45. The molecule has 2 fully saturated rings. The van der Waals surface area contributed by atoms with Crippen molar-refractivity contribution in [2.24, 2.45) is 0 Å². The number of hydrogen-bond acceptors (Lipinski definition) is 7. The van der Waals surface area contributed by atoms with Crippen molar-refractivity contribution in [3.8, 4) is 17.2 Å². The van der Waals surface area contributed by atoms with Gasteiger partial charge in [0.25, 0.3) is 0 Å². The van der Waals surface area contributed by atoms with Crippen LogP contribution in [0.1, 0.15) is 42.4 Å². The van der Waals surface area contributed by atoms with E-state index in [1.807, 2.05) is 56.6 Å². The van der Waals surface area contributed by atoms with Crippen molar-refractivity contribution in [1.82, 2.24) is 14.9 Å². The normalized spacial score (nSPS) is 20.0. The minimum Gasteiger partial charge on any atom is -0.493 e. The topological polar surface area (TPSA) is 63.7 Å². The molecule has 8 nitrogen and oxygen atoms in total. The Morgan fingerprint density at radius 2 is 1.50 bits per heavy atom. The van der Waals surface area contributed by atoms with E-state index < -0.39 is 5.41 Å². The van der Waals surface area contributed by atoms with Crippen LogP contribution in [-0.4, -0.2) is 88.9 Å². The first kappa shape index (κ1) is 34.3. The van der Waals surface area contributed by atoms with Crippen LogP contribution in [0.2, 0.25) is 10.0 Å². The van der Waals surface area contributed by atoms with Gasteiger partial charge in [0, 0.05) is 32.6 Å². The highest BCUT2D eigenvalue weighted by atomic mass is 35.5. The predicted octanol–water partition coefficient (Wildman–Crippen LogP) is 6.61. The number of benzene rings is 3. The molecule has 2 aliphatic heterocycles. The molecule has 2 heterocycles. The Morgan fingerprint density at radius 1 is 0.826 bits per heavy atom. The number of amides is 1. The van der Waals surface area contributed by atoms with E-state index in [-0.39, 0.29) is 11.3 Å². The molecule has 0 aliphatic carbocycles. The molecule has 0 bridgehead atoms. The molecular formula is C36H45Cl2N3O5. The van der Waals surface area contributed by atoms with Gasteiger partial charge in [0.15, 0.2) is 11.5 Å². The number of nitrogens with zero attached hydrogens (tertiary/aromatic N) is 3. The summed E-state index contributed by atoms with van der Waals surface area (Å²) in [7, 11) is 8.53. The van der Waals surface area contributed by atoms with E-state index in [2.05, 4.69) is 28.2 Å². The summed E-state index contributed by atoms with van der Waals surface area (Å²) in [6.45, 7) is 4.47. The number of likely N-dealkylation sites (N-methyl/N-ethyl adjacent to an activating group) is 1. The second-order valence-corrected chi connectivity index (χ2v) is 13.4. The molecule has 5 rings (SSSR count). The van der Waals surface area contributed by atoms with Crippen LogP contribution in [0.15, 0.2) is 60.7 Å². The second-order valence-electron chi connectivity index (χ2n) is 12.6. The molecule has 248 valence electrons. The van der Waals surface area contributed by atoms with Gasteiger partial charge in [-0.15, -0.1) is 0 Å². The third-order valence-corrected chi connectivity index (χ3v) is 10.5. The number of halogens is 2. The molecule has 1 amide bonds. The van der Waals surface area contributed by atoms with Gasteiger partial charge < -0.3 is 24.0 Å². The maximum atomic E-state index is 13.5. The summed E-state index contributed by atoms with van der Waals surface area (Å²) in [5, 5.41) is 3.16. The Kier molecular flexibility index (Phi) is 11.1. The van der Waals surface area contributed by atoms with Gasteiger partial charge in [-0.25, -0.2) is 0 Å². The Bertz CT molecular complexity index is 1470. The van der Waals surface area contributed by atoms with Crippen LogP contribution in [0.3, 0.4) is 0 Å². The van der Waals surface area contributed by atoms with Crippen LogP contribution in [0.5, 0.6) is 17.2 Å². The Labute approximate surface area is 283 Å². The zero-order valence-electron chi connectivity index (χ0n) is 27.5. The van der Waals surface area contributed by atoms with Crippen LogP contribution < -0.4 is 14.2 Å². The third-order valence-electron chi connectivity index (χ3n) is 9.75. The fraction of sp³-hybridized carbons (Fsp3) is 0.472. The summed E-state index contributed by atoms with van der Waals surface area (Å²) in [5.74, 6) is 1.92. The molecule has 3 aromatic carbocycles. The Balaban J connectivity index is 1.30. The SMILES string of the molecule is COc1cc(CON2CCC(CCN3CCC(C(=O)N(C)C)(c4ccccc4)CC3)(c3ccc(Cl)c(Cl)c3)C2)cc(OC)c1OC. The van der Waals surface area contributed by atoms with Crippen LogP contribution in [0.4, 0.5) is 0 Å². The van der Waals surface area contributed by atoms with Crippen molar-refractivity contribution in [3.05, 3.63) is 87.4 Å². The molecule has 46 heavy (non-hydrogen) atoms. The van der Waals surface area contributed by atoms with Crippen LogP contribution >= 0.6 is 23.2 Å². The van der Waals surface area contributed by atoms with Crippen molar-refractivity contribution in [1.29, 1.82) is 0 Å². The van der Waals surface area contributed by atoms with Gasteiger partial charge in [0.1, 0.15) is 0 Å². The summed E-state index contributed by atoms with van der Waals surface area (Å²) in [6.07, 6.45) is 3.42. The molecular weight excluding hydrogens is 625 g/mol. The van der Waals surface area contributed by atoms with Gasteiger partial charge in [0.05, 0.1) is 43.4 Å². The number of carbonyl (C=O) groups excluding carboxylic acids is 1. The van der Waals surface area contributed by atoms with E-state index in [4.69, 9.17) is 42.3 Å². The first-order valence-electron chi connectivity index (χ1n) is 15.8. The summed E-state index contributed by atoms with van der Waals surface area (Å²) >= 11 is 12.9. The van der Waals surface area contributed by atoms with Gasteiger partial charge in [-0.2, -0.15) is 5.06 Å². The average molecular weight is 671 g/mol. The monoisotopic (exact) mass is 669 g/mol. The molecule has 0 saturated carbocycles. The van der Waals surface area contributed by atoms with Crippen molar-refractivity contribution in [2.45, 2.75) is 43.1 Å². The smallest absolute Gasteiger partial charge is 0.232 e. The van der Waals surface area contributed by atoms with Crippen LogP contribution in [0.25, 0.3) is 0 Å². The summed E-state index contributed by atoms with van der Waals surface area (Å²) < 4.78 is 16.5. The minimum absolute atomic E-state index is 0.170. The first-order valence-corrected chi connectivity index (χ1v) is 16.5. The van der Waals surface area contributed by atoms with Crippen molar-refractivity contribution < 1.29 is 23.8 Å². The fourth-order valence-corrected chi connectivity index (χ4v) is 7.38. The standard InChI is InChI=1S/C36H45Cl2N3O5/c1-39(2)34(42)36(27-9-7-6-8-10-27)15-18-40(19-16-36)17-13-35(28-11-12-29(37)30(38)23-28)14-20-41(25-35)46-24-26-21-31(43-3)33(45-5)32(22-26)44-4/h6-12,21-23H,13-20,24-25H2,1-5H3. The van der Waals surface area contributed by atoms with Crippen molar-refractivity contribution >= 4 is 29.1 Å². The molecule has 2 saturated heterocycles. The molecule has 0 N–H and O–H groups in total. The number of piperidine rings is 1. The quantitative estimate of drug-likeness (QED) is 0.215. The largest absolute Gasteiger partial charge is 0.493 e. The van der Waals surface area contributed by atoms with Gasteiger partial charge >= 0.3 is 0 Å². The van der Waals surface area contributed by atoms with Crippen LogP contribution in [0, 0.1) is 0 Å². The van der Waals surface area contributed by atoms with Crippen LogP contribution in [-0.2, 0) is 27.1 Å². The molecule has 0 radical (unpaired) electrons. The lowest BCUT2D eigenvalue weighted by Gasteiger charge is -2.43. The lowest BCUT2D eigenvalue weighted by Crippen LogP contribution is -2.52. The zero-order chi connectivity index (χ0) is 32.9. The number of carbonyl (C=O) groups is 1. The lowest BCUT2D eigenvalue weighted by atomic mass is 9.71. The molecule has 0 spiro atoms. The summed E-state index contributed by atoms with van der Waals surface area (Å²) in [4.78, 5) is 24.2. The second kappa shape index (κ2) is 14.8. The van der Waals surface area contributed by atoms with E-state index >= 15 is 0 Å². The van der Waals surface area contributed by atoms with Crippen molar-refractivity contribution in [2.75, 3.05) is 68.1 Å². The molecule has 1 atom stereocenters. The zero-order valence-corrected chi connectivity index (χ0v) is 29.0. The molecule has 10 heteroatoms. The van der Waals surface area contributed by atoms with E-state index in [0.29, 0.717) is 33.9 Å². The van der Waals surface area contributed by atoms with Gasteiger partial charge in [-0.3, -0.25) is 9.63 Å². The molecule has 1 unspecified atom stereocenters. The number of hydrogen-bond donors (Lipinski definition) is 0. The van der Waals surface area contributed by atoms with Gasteiger partial charge in [0.2, 0.25) is 11.7 Å². The minimum atomic E-state index is -0.493. The van der Waals surface area contributed by atoms with Gasteiger partial charge in [-0.05, 0) is 86.3 Å². The number of likely N-dealkylation sites (tertiary alicyclic amines) is 1. The predicted molar refractivity (Wildman–Crippen MR) is 182 cm³/mol. The summed E-state index contributed by atoms with van der Waals surface area (Å²) in [6, 6.07) is 20.1. The van der Waals surface area contributed by atoms with Crippen molar-refractivity contribution in [3.63, 3.8) is 0 Å². The van der Waals surface area contributed by atoms with Gasteiger partial charge in [-0.1, -0.05) is 59.6 Å². The highest BCUT2D eigenvalue weighted by Crippen LogP contribution is 2.43. The fourth-order valence-electron chi connectivity index (χ4n) is 7.08. The van der Waals surface area contributed by atoms with E-state index in [9.17, 15) is 4.79 Å². The van der Waals surface area contributed by atoms with E-state index in [0.717, 1.165) is 69.5 Å². The maximum Gasteiger partial charge on any atom is 0.232 e. The maximum absolute atomic E-state index is 13.5. The molecule has 0 aromatic heterocycles. The summed E-state index contributed by atoms with van der Waals surface area (Å²) in [5.41, 5.74) is 2.53. The number of hydroxylamine groups is 2. The number of ether oxygens (including phenoxy) is 3. The van der Waals surface area contributed by atoms with E-state index in [1.165, 1.54) is 5.56 Å². The molecule has 2 aliphatic rings. The first-order chi connectivity index (χ1) is 22.1. The lowest BCUT2D eigenvalue weighted by molar-refractivity contribution is -0.157. The Morgan fingerprint density at radius 3 is 2.09 bits per heavy atom. The number of rotatable bonds is 12.